The number of carboxylic acid groups (broad SMARTS) is 1. The van der Waals surface area contributed by atoms with Gasteiger partial charge in [0, 0.05) is 16.8 Å². The maximum atomic E-state index is 12.5. The molecule has 1 aromatic heterocycles. The summed E-state index contributed by atoms with van der Waals surface area (Å²) in [5.74, 6) is 0.0388. The highest BCUT2D eigenvalue weighted by molar-refractivity contribution is 5.96. The third-order valence-electron chi connectivity index (χ3n) is 5.06. The van der Waals surface area contributed by atoms with E-state index in [-0.39, 0.29) is 17.9 Å². The van der Waals surface area contributed by atoms with Crippen molar-refractivity contribution in [3.63, 3.8) is 0 Å². The topological polar surface area (TPSA) is 79.5 Å². The molecule has 5 nitrogen and oxygen atoms in total. The lowest BCUT2D eigenvalue weighted by atomic mass is 10.0. The van der Waals surface area contributed by atoms with Gasteiger partial charge in [0.25, 0.3) is 0 Å². The second-order valence-corrected chi connectivity index (χ2v) is 7.28. The number of carboxylic acids is 1. The quantitative estimate of drug-likeness (QED) is 0.389. The Bertz CT molecular complexity index is 1290. The van der Waals surface area contributed by atoms with Crippen LogP contribution >= 0.6 is 0 Å². The monoisotopic (exact) mass is 423 g/mol. The van der Waals surface area contributed by atoms with Crippen molar-refractivity contribution in [2.24, 2.45) is 0 Å². The summed E-state index contributed by atoms with van der Waals surface area (Å²) in [6, 6.07) is 27.4. The first-order chi connectivity index (χ1) is 15.5. The zero-order chi connectivity index (χ0) is 22.5. The molecule has 1 heterocycles. The average molecular weight is 423 g/mol. The van der Waals surface area contributed by atoms with E-state index in [9.17, 15) is 14.7 Å². The van der Waals surface area contributed by atoms with Crippen LogP contribution in [-0.2, 0) is 11.2 Å². The highest BCUT2D eigenvalue weighted by atomic mass is 16.4. The zero-order valence-corrected chi connectivity index (χ0v) is 17.2. The number of hydrogen-bond donors (Lipinski definition) is 2. The van der Waals surface area contributed by atoms with Gasteiger partial charge in [0.05, 0.1) is 12.0 Å². The molecular formula is C27H21NO4. The standard InChI is InChI=1S/C27H21NO4/c1-18(24-14-15-25(32-24)19-8-3-2-4-9-19)20-11-7-12-22(16-20)28-26(29)17-21-10-5-6-13-23(21)27(30)31/h2-16H,1,17H2,(H,28,29)(H,30,31). The molecule has 32 heavy (non-hydrogen) atoms. The summed E-state index contributed by atoms with van der Waals surface area (Å²) in [5.41, 5.74) is 3.66. The fourth-order valence-electron chi connectivity index (χ4n) is 3.45. The molecule has 1 amide bonds. The summed E-state index contributed by atoms with van der Waals surface area (Å²) in [4.78, 5) is 23.9. The van der Waals surface area contributed by atoms with Crippen molar-refractivity contribution in [1.29, 1.82) is 0 Å². The van der Waals surface area contributed by atoms with E-state index < -0.39 is 5.97 Å². The van der Waals surface area contributed by atoms with E-state index in [4.69, 9.17) is 4.42 Å². The van der Waals surface area contributed by atoms with Gasteiger partial charge in [-0.1, -0.05) is 67.2 Å². The van der Waals surface area contributed by atoms with Gasteiger partial charge >= 0.3 is 5.97 Å². The minimum absolute atomic E-state index is 0.0354. The van der Waals surface area contributed by atoms with Crippen LogP contribution in [0.4, 0.5) is 5.69 Å². The van der Waals surface area contributed by atoms with Crippen molar-refractivity contribution in [2.45, 2.75) is 6.42 Å². The molecule has 0 aliphatic heterocycles. The van der Waals surface area contributed by atoms with Crippen molar-refractivity contribution in [1.82, 2.24) is 0 Å². The van der Waals surface area contributed by atoms with E-state index in [1.54, 1.807) is 24.3 Å². The lowest BCUT2D eigenvalue weighted by molar-refractivity contribution is -0.115. The SMILES string of the molecule is C=C(c1cccc(NC(=O)Cc2ccccc2C(=O)O)c1)c1ccc(-c2ccccc2)o1. The molecule has 0 spiro atoms. The number of anilines is 1. The molecule has 158 valence electrons. The fourth-order valence-corrected chi connectivity index (χ4v) is 3.45. The number of carbonyl (C=O) groups excluding carboxylic acids is 1. The Morgan fingerprint density at radius 3 is 2.41 bits per heavy atom. The highest BCUT2D eigenvalue weighted by Crippen LogP contribution is 2.29. The summed E-state index contributed by atoms with van der Waals surface area (Å²) >= 11 is 0. The molecule has 0 aliphatic carbocycles. The smallest absolute Gasteiger partial charge is 0.335 e. The Hall–Kier alpha value is -4.38. The molecule has 2 N–H and O–H groups in total. The van der Waals surface area contributed by atoms with Crippen LogP contribution in [-0.4, -0.2) is 17.0 Å². The molecule has 0 atom stereocenters. The summed E-state index contributed by atoms with van der Waals surface area (Å²) in [6.07, 6.45) is -0.0354. The van der Waals surface area contributed by atoms with Crippen LogP contribution in [0.3, 0.4) is 0 Å². The first-order valence-corrected chi connectivity index (χ1v) is 10.1. The number of amides is 1. The number of benzene rings is 3. The molecule has 0 unspecified atom stereocenters. The molecule has 0 bridgehead atoms. The van der Waals surface area contributed by atoms with Crippen LogP contribution in [0.25, 0.3) is 16.9 Å². The summed E-state index contributed by atoms with van der Waals surface area (Å²) in [5, 5.41) is 12.1. The van der Waals surface area contributed by atoms with E-state index >= 15 is 0 Å². The van der Waals surface area contributed by atoms with Crippen molar-refractivity contribution in [2.75, 3.05) is 5.32 Å². The van der Waals surface area contributed by atoms with Crippen LogP contribution in [0.1, 0.15) is 27.2 Å². The predicted octanol–water partition coefficient (Wildman–Crippen LogP) is 5.89. The van der Waals surface area contributed by atoms with E-state index in [0.717, 1.165) is 16.9 Å². The fraction of sp³-hybridized carbons (Fsp3) is 0.0370. The average Bonchev–Trinajstić information content (AvgIpc) is 3.30. The first-order valence-electron chi connectivity index (χ1n) is 10.1. The zero-order valence-electron chi connectivity index (χ0n) is 17.2. The Morgan fingerprint density at radius 2 is 1.62 bits per heavy atom. The normalized spacial score (nSPS) is 10.5. The summed E-state index contributed by atoms with van der Waals surface area (Å²) < 4.78 is 5.98. The maximum Gasteiger partial charge on any atom is 0.335 e. The van der Waals surface area contributed by atoms with Crippen LogP contribution in [0.2, 0.25) is 0 Å². The van der Waals surface area contributed by atoms with Gasteiger partial charge in [0.1, 0.15) is 11.5 Å². The van der Waals surface area contributed by atoms with E-state index in [0.29, 0.717) is 22.6 Å². The van der Waals surface area contributed by atoms with Gasteiger partial charge in [0.15, 0.2) is 0 Å². The van der Waals surface area contributed by atoms with E-state index in [1.807, 2.05) is 60.7 Å². The third-order valence-corrected chi connectivity index (χ3v) is 5.06. The Labute approximate surface area is 185 Å². The third kappa shape index (κ3) is 4.68. The largest absolute Gasteiger partial charge is 0.478 e. The molecule has 5 heteroatoms. The van der Waals surface area contributed by atoms with Crippen LogP contribution < -0.4 is 5.32 Å². The van der Waals surface area contributed by atoms with Crippen molar-refractivity contribution >= 4 is 23.1 Å². The van der Waals surface area contributed by atoms with Gasteiger partial charge in [-0.3, -0.25) is 4.79 Å². The molecule has 0 saturated carbocycles. The number of carbonyl (C=O) groups is 2. The van der Waals surface area contributed by atoms with Gasteiger partial charge < -0.3 is 14.8 Å². The van der Waals surface area contributed by atoms with Crippen molar-refractivity contribution in [3.8, 4) is 11.3 Å². The Morgan fingerprint density at radius 1 is 0.875 bits per heavy atom. The van der Waals surface area contributed by atoms with E-state index in [1.165, 1.54) is 6.07 Å². The Kier molecular flexibility index (Phi) is 5.99. The van der Waals surface area contributed by atoms with Crippen LogP contribution in [0, 0.1) is 0 Å². The molecule has 0 saturated heterocycles. The molecule has 3 aromatic carbocycles. The minimum Gasteiger partial charge on any atom is -0.478 e. The molecular weight excluding hydrogens is 402 g/mol. The lowest BCUT2D eigenvalue weighted by Gasteiger charge is -2.10. The van der Waals surface area contributed by atoms with Crippen molar-refractivity contribution < 1.29 is 19.1 Å². The van der Waals surface area contributed by atoms with Gasteiger partial charge in [-0.2, -0.15) is 0 Å². The van der Waals surface area contributed by atoms with Crippen molar-refractivity contribution in [3.05, 3.63) is 120 Å². The first kappa shape index (κ1) is 20.9. The molecule has 4 rings (SSSR count). The number of nitrogens with one attached hydrogen (secondary N) is 1. The van der Waals surface area contributed by atoms with Gasteiger partial charge in [0.2, 0.25) is 5.91 Å². The summed E-state index contributed by atoms with van der Waals surface area (Å²) in [6.45, 7) is 4.15. The van der Waals surface area contributed by atoms with Gasteiger partial charge in [-0.25, -0.2) is 4.79 Å². The van der Waals surface area contributed by atoms with Crippen LogP contribution in [0.15, 0.2) is 102 Å². The van der Waals surface area contributed by atoms with Gasteiger partial charge in [-0.05, 0) is 41.5 Å². The lowest BCUT2D eigenvalue weighted by Crippen LogP contribution is -2.16. The molecule has 0 aliphatic rings. The molecule has 4 aromatic rings. The van der Waals surface area contributed by atoms with Crippen LogP contribution in [0.5, 0.6) is 0 Å². The minimum atomic E-state index is -1.06. The second kappa shape index (κ2) is 9.18. The number of aromatic carboxylic acids is 1. The predicted molar refractivity (Wildman–Crippen MR) is 124 cm³/mol. The second-order valence-electron chi connectivity index (χ2n) is 7.28. The number of rotatable bonds is 7. The van der Waals surface area contributed by atoms with E-state index in [2.05, 4.69) is 11.9 Å². The molecule has 0 fully saturated rings. The number of furan rings is 1. The Balaban J connectivity index is 1.48. The highest BCUT2D eigenvalue weighted by Gasteiger charge is 2.14. The summed E-state index contributed by atoms with van der Waals surface area (Å²) in [7, 11) is 0. The molecule has 0 radical (unpaired) electrons. The maximum absolute atomic E-state index is 12.5. The van der Waals surface area contributed by atoms with Gasteiger partial charge in [-0.15, -0.1) is 0 Å². The number of hydrogen-bond acceptors (Lipinski definition) is 3.